The zero-order valence-corrected chi connectivity index (χ0v) is 17.4. The second-order valence-corrected chi connectivity index (χ2v) is 7.43. The van der Waals surface area contributed by atoms with Crippen LogP contribution in [0.4, 0.5) is 5.69 Å². The van der Waals surface area contributed by atoms with Crippen molar-refractivity contribution in [2.45, 2.75) is 6.92 Å². The lowest BCUT2D eigenvalue weighted by atomic mass is 10.2. The third kappa shape index (κ3) is 5.06. The summed E-state index contributed by atoms with van der Waals surface area (Å²) in [4.78, 5) is 11.8. The lowest BCUT2D eigenvalue weighted by Crippen LogP contribution is -2.25. The third-order valence-corrected chi connectivity index (χ3v) is 5.13. The van der Waals surface area contributed by atoms with Gasteiger partial charge in [-0.15, -0.1) is 0 Å². The SMILES string of the molecule is Cc1ccc(NCC(=O)N/N=C/c2c(Br)cc(Br)c(O)c2Br)cc1. The predicted octanol–water partition coefficient (Wildman–Crippen LogP) is 4.55. The molecule has 0 heterocycles. The van der Waals surface area contributed by atoms with Crippen LogP contribution in [0.2, 0.25) is 0 Å². The van der Waals surface area contributed by atoms with E-state index in [-0.39, 0.29) is 18.2 Å². The van der Waals surface area contributed by atoms with Gasteiger partial charge in [-0.1, -0.05) is 33.6 Å². The molecule has 3 N–H and O–H groups in total. The van der Waals surface area contributed by atoms with Gasteiger partial charge in [-0.2, -0.15) is 5.10 Å². The number of nitrogens with one attached hydrogen (secondary N) is 2. The Morgan fingerprint density at radius 2 is 1.88 bits per heavy atom. The number of hydrogen-bond acceptors (Lipinski definition) is 4. The lowest BCUT2D eigenvalue weighted by Gasteiger charge is -2.07. The number of benzene rings is 2. The summed E-state index contributed by atoms with van der Waals surface area (Å²) in [5, 5.41) is 16.8. The van der Waals surface area contributed by atoms with Crippen molar-refractivity contribution in [2.24, 2.45) is 5.10 Å². The van der Waals surface area contributed by atoms with Crippen LogP contribution < -0.4 is 10.7 Å². The highest BCUT2D eigenvalue weighted by Crippen LogP contribution is 2.38. The minimum atomic E-state index is -0.277. The van der Waals surface area contributed by atoms with E-state index in [1.165, 1.54) is 6.21 Å². The number of phenols is 1. The van der Waals surface area contributed by atoms with Crippen molar-refractivity contribution in [3.8, 4) is 5.75 Å². The summed E-state index contributed by atoms with van der Waals surface area (Å²) in [5.74, 6) is -0.215. The highest BCUT2D eigenvalue weighted by molar-refractivity contribution is 9.11. The number of nitrogens with zero attached hydrogens (tertiary/aromatic N) is 1. The van der Waals surface area contributed by atoms with Crippen LogP contribution in [0, 0.1) is 6.92 Å². The maximum atomic E-state index is 11.8. The molecular formula is C16H14Br3N3O2. The molecule has 0 fully saturated rings. The third-order valence-electron chi connectivity index (χ3n) is 3.07. The monoisotopic (exact) mass is 517 g/mol. The second-order valence-electron chi connectivity index (χ2n) is 4.93. The van der Waals surface area contributed by atoms with Crippen LogP contribution in [0.3, 0.4) is 0 Å². The van der Waals surface area contributed by atoms with Gasteiger partial charge in [-0.05, 0) is 57.0 Å². The van der Waals surface area contributed by atoms with Crippen LogP contribution in [-0.4, -0.2) is 23.8 Å². The van der Waals surface area contributed by atoms with Crippen LogP contribution in [0.5, 0.6) is 5.75 Å². The summed E-state index contributed by atoms with van der Waals surface area (Å²) < 4.78 is 1.74. The maximum absolute atomic E-state index is 11.8. The average molecular weight is 520 g/mol. The van der Waals surface area contributed by atoms with Crippen molar-refractivity contribution in [2.75, 3.05) is 11.9 Å². The average Bonchev–Trinajstić information content (AvgIpc) is 2.55. The Morgan fingerprint density at radius 3 is 2.54 bits per heavy atom. The summed E-state index contributed by atoms with van der Waals surface area (Å²) in [5.41, 5.74) is 5.07. The number of amides is 1. The predicted molar refractivity (Wildman–Crippen MR) is 107 cm³/mol. The van der Waals surface area contributed by atoms with Gasteiger partial charge in [-0.3, -0.25) is 4.79 Å². The Kier molecular flexibility index (Phi) is 6.82. The Balaban J connectivity index is 1.93. The molecule has 0 aromatic heterocycles. The molecule has 0 saturated carbocycles. The number of carbonyl (C=O) groups is 1. The summed E-state index contributed by atoms with van der Waals surface area (Å²) in [6, 6.07) is 9.44. The molecule has 0 aliphatic heterocycles. The number of hydrazone groups is 1. The molecule has 0 bridgehead atoms. The fourth-order valence-corrected chi connectivity index (χ4v) is 4.10. The zero-order chi connectivity index (χ0) is 17.7. The molecule has 1 amide bonds. The summed E-state index contributed by atoms with van der Waals surface area (Å²) >= 11 is 9.91. The smallest absolute Gasteiger partial charge is 0.259 e. The van der Waals surface area contributed by atoms with Crippen LogP contribution in [0.1, 0.15) is 11.1 Å². The quantitative estimate of drug-likeness (QED) is 0.401. The number of aromatic hydroxyl groups is 1. The molecule has 2 aromatic rings. The van der Waals surface area contributed by atoms with Gasteiger partial charge in [0, 0.05) is 15.7 Å². The van der Waals surface area contributed by atoms with Crippen LogP contribution in [-0.2, 0) is 4.79 Å². The molecule has 0 spiro atoms. The van der Waals surface area contributed by atoms with Gasteiger partial charge in [0.1, 0.15) is 5.75 Å². The number of rotatable bonds is 5. The van der Waals surface area contributed by atoms with Gasteiger partial charge in [-0.25, -0.2) is 5.43 Å². The van der Waals surface area contributed by atoms with E-state index >= 15 is 0 Å². The molecule has 8 heteroatoms. The molecule has 5 nitrogen and oxygen atoms in total. The van der Waals surface area contributed by atoms with Gasteiger partial charge in [0.2, 0.25) is 0 Å². The molecule has 0 saturated heterocycles. The van der Waals surface area contributed by atoms with E-state index in [9.17, 15) is 9.90 Å². The number of halogens is 3. The largest absolute Gasteiger partial charge is 0.506 e. The summed E-state index contributed by atoms with van der Waals surface area (Å²) in [6.07, 6.45) is 1.45. The highest BCUT2D eigenvalue weighted by atomic mass is 79.9. The molecular weight excluding hydrogens is 506 g/mol. The number of anilines is 1. The van der Waals surface area contributed by atoms with Crippen molar-refractivity contribution < 1.29 is 9.90 Å². The van der Waals surface area contributed by atoms with Crippen LogP contribution in [0.25, 0.3) is 0 Å². The topological polar surface area (TPSA) is 73.7 Å². The molecule has 2 aromatic carbocycles. The number of hydrogen-bond donors (Lipinski definition) is 3. The Morgan fingerprint density at radius 1 is 1.21 bits per heavy atom. The lowest BCUT2D eigenvalue weighted by molar-refractivity contribution is -0.119. The van der Waals surface area contributed by atoms with E-state index in [0.29, 0.717) is 14.5 Å². The molecule has 24 heavy (non-hydrogen) atoms. The van der Waals surface area contributed by atoms with Crippen molar-refractivity contribution in [3.63, 3.8) is 0 Å². The Hall–Kier alpha value is -1.38. The first-order valence-electron chi connectivity index (χ1n) is 6.87. The minimum Gasteiger partial charge on any atom is -0.506 e. The summed E-state index contributed by atoms with van der Waals surface area (Å²) in [6.45, 7) is 2.11. The summed E-state index contributed by atoms with van der Waals surface area (Å²) in [7, 11) is 0. The fraction of sp³-hybridized carbons (Fsp3) is 0.125. The maximum Gasteiger partial charge on any atom is 0.259 e. The van der Waals surface area contributed by atoms with Gasteiger partial charge in [0.05, 0.1) is 21.7 Å². The van der Waals surface area contributed by atoms with Crippen LogP contribution in [0.15, 0.2) is 48.9 Å². The van der Waals surface area contributed by atoms with Crippen molar-refractivity contribution in [1.82, 2.24) is 5.43 Å². The first-order valence-corrected chi connectivity index (χ1v) is 9.25. The van der Waals surface area contributed by atoms with Crippen molar-refractivity contribution in [3.05, 3.63) is 54.9 Å². The van der Waals surface area contributed by atoms with E-state index in [1.807, 2.05) is 31.2 Å². The van der Waals surface area contributed by atoms with Crippen LogP contribution >= 0.6 is 47.8 Å². The van der Waals surface area contributed by atoms with E-state index < -0.39 is 0 Å². The number of aryl methyl sites for hydroxylation is 1. The zero-order valence-electron chi connectivity index (χ0n) is 12.6. The molecule has 0 aliphatic carbocycles. The number of carbonyl (C=O) groups excluding carboxylic acids is 1. The molecule has 0 atom stereocenters. The van der Waals surface area contributed by atoms with E-state index in [4.69, 9.17) is 0 Å². The molecule has 0 unspecified atom stereocenters. The fourth-order valence-electron chi connectivity index (χ4n) is 1.78. The molecule has 2 rings (SSSR count). The van der Waals surface area contributed by atoms with Crippen molar-refractivity contribution >= 4 is 65.6 Å². The Labute approximate surface area is 164 Å². The van der Waals surface area contributed by atoms with Gasteiger partial charge in [0.25, 0.3) is 5.91 Å². The van der Waals surface area contributed by atoms with E-state index in [0.717, 1.165) is 15.7 Å². The first-order chi connectivity index (χ1) is 11.4. The highest BCUT2D eigenvalue weighted by Gasteiger charge is 2.12. The molecule has 0 aliphatic rings. The minimum absolute atomic E-state index is 0.0621. The van der Waals surface area contributed by atoms with E-state index in [2.05, 4.69) is 63.6 Å². The molecule has 0 radical (unpaired) electrons. The van der Waals surface area contributed by atoms with Gasteiger partial charge >= 0.3 is 0 Å². The van der Waals surface area contributed by atoms with Gasteiger partial charge < -0.3 is 10.4 Å². The Bertz CT molecular complexity index is 777. The first kappa shape index (κ1) is 19.0. The second kappa shape index (κ2) is 8.64. The normalized spacial score (nSPS) is 10.8. The molecule has 126 valence electrons. The van der Waals surface area contributed by atoms with E-state index in [1.54, 1.807) is 6.07 Å². The van der Waals surface area contributed by atoms with Crippen molar-refractivity contribution in [1.29, 1.82) is 0 Å². The van der Waals surface area contributed by atoms with Gasteiger partial charge in [0.15, 0.2) is 0 Å². The number of phenolic OH excluding ortho intramolecular Hbond substituents is 1. The standard InChI is InChI=1S/C16H14Br3N3O2/c1-9-2-4-10(5-3-9)20-8-14(23)22-21-7-11-12(17)6-13(18)16(24)15(11)19/h2-7,20,24H,8H2,1H3,(H,22,23)/b21-7+.